The molecule has 1 aliphatic carbocycles. The molecule has 0 aliphatic heterocycles. The average Bonchev–Trinajstić information content (AvgIpc) is 2.69. The first-order chi connectivity index (χ1) is 7.63. The summed E-state index contributed by atoms with van der Waals surface area (Å²) in [5, 5.41) is 17.2. The van der Waals surface area contributed by atoms with Crippen LogP contribution >= 0.6 is 0 Å². The second kappa shape index (κ2) is 4.23. The van der Waals surface area contributed by atoms with Crippen molar-refractivity contribution >= 4 is 5.97 Å². The number of aliphatic carboxylic acids is 1. The molecule has 2 atom stereocenters. The number of aromatic nitrogens is 3. The summed E-state index contributed by atoms with van der Waals surface area (Å²) in [7, 11) is 0. The van der Waals surface area contributed by atoms with Crippen molar-refractivity contribution in [2.75, 3.05) is 0 Å². The van der Waals surface area contributed by atoms with Gasteiger partial charge in [-0.2, -0.15) is 0 Å². The van der Waals surface area contributed by atoms with Crippen LogP contribution in [0.1, 0.15) is 31.7 Å². The second-order valence-corrected chi connectivity index (χ2v) is 4.43. The van der Waals surface area contributed by atoms with E-state index in [1.54, 1.807) is 6.92 Å². The Morgan fingerprint density at radius 2 is 2.44 bits per heavy atom. The van der Waals surface area contributed by atoms with Gasteiger partial charge in [0, 0.05) is 6.54 Å². The molecule has 1 aromatic heterocycles. The Balaban J connectivity index is 2.15. The van der Waals surface area contributed by atoms with E-state index in [1.807, 2.05) is 11.6 Å². The molecule has 0 radical (unpaired) electrons. The van der Waals surface area contributed by atoms with Gasteiger partial charge >= 0.3 is 5.97 Å². The van der Waals surface area contributed by atoms with E-state index < -0.39 is 5.97 Å². The number of aryl methyl sites for hydroxylation is 1. The van der Waals surface area contributed by atoms with Crippen LogP contribution in [0.2, 0.25) is 0 Å². The van der Waals surface area contributed by atoms with E-state index in [1.165, 1.54) is 5.69 Å². The Kier molecular flexibility index (Phi) is 2.94. The maximum Gasteiger partial charge on any atom is 0.306 e. The van der Waals surface area contributed by atoms with E-state index in [2.05, 4.69) is 10.3 Å². The summed E-state index contributed by atoms with van der Waals surface area (Å²) in [4.78, 5) is 10.9. The molecular weight excluding hydrogens is 206 g/mol. The number of fused-ring (bicyclic) bond motifs is 1. The van der Waals surface area contributed by atoms with Crippen LogP contribution in [-0.4, -0.2) is 26.1 Å². The molecule has 1 aliphatic rings. The van der Waals surface area contributed by atoms with E-state index >= 15 is 0 Å². The molecule has 0 amide bonds. The van der Waals surface area contributed by atoms with Crippen molar-refractivity contribution in [3.63, 3.8) is 0 Å². The zero-order chi connectivity index (χ0) is 11.7. The van der Waals surface area contributed by atoms with Gasteiger partial charge in [0.2, 0.25) is 0 Å². The number of carbonyl (C=O) groups is 1. The average molecular weight is 223 g/mol. The molecule has 0 saturated heterocycles. The molecule has 0 spiro atoms. The number of hydrogen-bond donors (Lipinski definition) is 1. The van der Waals surface area contributed by atoms with Gasteiger partial charge in [0.25, 0.3) is 0 Å². The number of carboxylic acid groups (broad SMARTS) is 1. The highest BCUT2D eigenvalue weighted by Crippen LogP contribution is 2.29. The third-order valence-electron chi connectivity index (χ3n) is 3.52. The van der Waals surface area contributed by atoms with Crippen molar-refractivity contribution in [3.8, 4) is 0 Å². The monoisotopic (exact) mass is 223 g/mol. The topological polar surface area (TPSA) is 68.0 Å². The van der Waals surface area contributed by atoms with Crippen LogP contribution in [0.25, 0.3) is 0 Å². The summed E-state index contributed by atoms with van der Waals surface area (Å²) in [5.41, 5.74) is 2.18. The van der Waals surface area contributed by atoms with Gasteiger partial charge in [-0.05, 0) is 32.1 Å². The minimum absolute atomic E-state index is 0.201. The summed E-state index contributed by atoms with van der Waals surface area (Å²) in [5.74, 6) is -0.803. The fourth-order valence-electron chi connectivity index (χ4n) is 2.36. The molecule has 0 aromatic carbocycles. The fraction of sp³-hybridized carbons (Fsp3) is 0.727. The molecule has 1 N–H and O–H groups in total. The zero-order valence-electron chi connectivity index (χ0n) is 9.68. The predicted molar refractivity (Wildman–Crippen MR) is 58.0 cm³/mol. The van der Waals surface area contributed by atoms with E-state index in [9.17, 15) is 4.79 Å². The quantitative estimate of drug-likeness (QED) is 0.833. The Bertz CT molecular complexity index is 400. The molecule has 0 saturated carbocycles. The fourth-order valence-corrected chi connectivity index (χ4v) is 2.36. The van der Waals surface area contributed by atoms with Gasteiger partial charge in [0.1, 0.15) is 0 Å². The van der Waals surface area contributed by atoms with Crippen LogP contribution < -0.4 is 0 Å². The van der Waals surface area contributed by atoms with E-state index in [-0.39, 0.29) is 11.8 Å². The molecule has 2 rings (SSSR count). The van der Waals surface area contributed by atoms with Gasteiger partial charge in [0.05, 0.1) is 17.3 Å². The first-order valence-electron chi connectivity index (χ1n) is 5.77. The third kappa shape index (κ3) is 1.81. The van der Waals surface area contributed by atoms with Crippen molar-refractivity contribution in [2.45, 2.75) is 39.7 Å². The van der Waals surface area contributed by atoms with Crippen LogP contribution in [0, 0.1) is 11.8 Å². The lowest BCUT2D eigenvalue weighted by atomic mass is 9.81. The number of rotatable bonds is 3. The normalized spacial score (nSPS) is 21.5. The molecule has 1 aromatic rings. The van der Waals surface area contributed by atoms with Gasteiger partial charge < -0.3 is 5.11 Å². The molecular formula is C11H17N3O2. The second-order valence-electron chi connectivity index (χ2n) is 4.43. The Morgan fingerprint density at radius 3 is 3.06 bits per heavy atom. The van der Waals surface area contributed by atoms with Gasteiger partial charge in [-0.25, -0.2) is 4.68 Å². The maximum absolute atomic E-state index is 10.9. The SMILES string of the molecule is CCn1nnc2c1CCC(C(C)C(=O)O)C2. The summed E-state index contributed by atoms with van der Waals surface area (Å²) in [6, 6.07) is 0. The van der Waals surface area contributed by atoms with Crippen molar-refractivity contribution in [1.29, 1.82) is 0 Å². The van der Waals surface area contributed by atoms with Crippen molar-refractivity contribution in [2.24, 2.45) is 11.8 Å². The molecule has 5 heteroatoms. The maximum atomic E-state index is 10.9. The van der Waals surface area contributed by atoms with Crippen LogP contribution in [0.4, 0.5) is 0 Å². The van der Waals surface area contributed by atoms with Gasteiger partial charge in [-0.1, -0.05) is 12.1 Å². The molecule has 2 unspecified atom stereocenters. The minimum atomic E-state index is -0.712. The van der Waals surface area contributed by atoms with E-state index in [0.29, 0.717) is 0 Å². The van der Waals surface area contributed by atoms with Crippen LogP contribution in [-0.2, 0) is 24.2 Å². The molecule has 5 nitrogen and oxygen atoms in total. The zero-order valence-corrected chi connectivity index (χ0v) is 9.68. The van der Waals surface area contributed by atoms with Crippen molar-refractivity contribution < 1.29 is 9.90 Å². The smallest absolute Gasteiger partial charge is 0.306 e. The Labute approximate surface area is 94.5 Å². The van der Waals surface area contributed by atoms with Crippen LogP contribution in [0.5, 0.6) is 0 Å². The number of carboxylic acids is 1. The number of nitrogens with zero attached hydrogens (tertiary/aromatic N) is 3. The Hall–Kier alpha value is -1.39. The molecule has 0 bridgehead atoms. The predicted octanol–water partition coefficient (Wildman–Crippen LogP) is 1.12. The van der Waals surface area contributed by atoms with Crippen molar-refractivity contribution in [1.82, 2.24) is 15.0 Å². The van der Waals surface area contributed by atoms with Crippen LogP contribution in [0.3, 0.4) is 0 Å². The van der Waals surface area contributed by atoms with Gasteiger partial charge in [0.15, 0.2) is 0 Å². The number of hydrogen-bond acceptors (Lipinski definition) is 3. The first kappa shape index (κ1) is 11.1. The van der Waals surface area contributed by atoms with Gasteiger partial charge in [-0.3, -0.25) is 4.79 Å². The summed E-state index contributed by atoms with van der Waals surface area (Å²) in [6.45, 7) is 4.66. The van der Waals surface area contributed by atoms with E-state index in [4.69, 9.17) is 5.11 Å². The highest BCUT2D eigenvalue weighted by molar-refractivity contribution is 5.69. The van der Waals surface area contributed by atoms with Crippen LogP contribution in [0.15, 0.2) is 0 Å². The molecule has 1 heterocycles. The first-order valence-corrected chi connectivity index (χ1v) is 5.77. The largest absolute Gasteiger partial charge is 0.481 e. The summed E-state index contributed by atoms with van der Waals surface area (Å²) >= 11 is 0. The third-order valence-corrected chi connectivity index (χ3v) is 3.52. The molecule has 16 heavy (non-hydrogen) atoms. The summed E-state index contributed by atoms with van der Waals surface area (Å²) in [6.07, 6.45) is 2.58. The standard InChI is InChI=1S/C11H17N3O2/c1-3-14-10-5-4-8(7(2)11(15)16)6-9(10)12-13-14/h7-8H,3-6H2,1-2H3,(H,15,16). The molecule has 88 valence electrons. The summed E-state index contributed by atoms with van der Waals surface area (Å²) < 4.78 is 1.91. The lowest BCUT2D eigenvalue weighted by Gasteiger charge is -2.24. The lowest BCUT2D eigenvalue weighted by Crippen LogP contribution is -2.27. The highest BCUT2D eigenvalue weighted by atomic mass is 16.4. The highest BCUT2D eigenvalue weighted by Gasteiger charge is 2.30. The molecule has 0 fully saturated rings. The minimum Gasteiger partial charge on any atom is -0.481 e. The van der Waals surface area contributed by atoms with Gasteiger partial charge in [-0.15, -0.1) is 5.10 Å². The lowest BCUT2D eigenvalue weighted by molar-refractivity contribution is -0.143. The van der Waals surface area contributed by atoms with E-state index in [0.717, 1.165) is 31.5 Å². The Morgan fingerprint density at radius 1 is 1.69 bits per heavy atom. The van der Waals surface area contributed by atoms with Crippen molar-refractivity contribution in [3.05, 3.63) is 11.4 Å².